The van der Waals surface area contributed by atoms with Gasteiger partial charge in [-0.2, -0.15) is 0 Å². The standard InChI is InChI=1S/C12H14BrIN2OS/c1-17-5-4-9-7-18-12(16-9)15-8-2-3-11(14)10(13)6-8/h2-3,6,9H,4-5,7H2,1H3,(H,15,16). The summed E-state index contributed by atoms with van der Waals surface area (Å²) in [6, 6.07) is 6.60. The summed E-state index contributed by atoms with van der Waals surface area (Å²) in [5, 5.41) is 4.36. The number of anilines is 1. The lowest BCUT2D eigenvalue weighted by Gasteiger charge is -2.06. The van der Waals surface area contributed by atoms with E-state index < -0.39 is 0 Å². The number of halogens is 2. The van der Waals surface area contributed by atoms with E-state index in [-0.39, 0.29) is 0 Å². The number of hydrogen-bond acceptors (Lipinski definition) is 4. The summed E-state index contributed by atoms with van der Waals surface area (Å²) in [4.78, 5) is 4.64. The number of rotatable bonds is 4. The van der Waals surface area contributed by atoms with Crippen LogP contribution in [0.4, 0.5) is 5.69 Å². The van der Waals surface area contributed by atoms with Crippen LogP contribution >= 0.6 is 50.3 Å². The molecule has 0 radical (unpaired) electrons. The monoisotopic (exact) mass is 440 g/mol. The first-order valence-electron chi connectivity index (χ1n) is 5.60. The van der Waals surface area contributed by atoms with Crippen LogP contribution in [0.2, 0.25) is 0 Å². The minimum absolute atomic E-state index is 0.379. The van der Waals surface area contributed by atoms with Crippen molar-refractivity contribution in [2.24, 2.45) is 4.99 Å². The third-order valence-corrected chi connectivity index (χ3v) is 5.91. The van der Waals surface area contributed by atoms with Crippen LogP contribution in [0.5, 0.6) is 0 Å². The van der Waals surface area contributed by atoms with Gasteiger partial charge in [-0.1, -0.05) is 11.8 Å². The van der Waals surface area contributed by atoms with Gasteiger partial charge in [0.15, 0.2) is 5.17 Å². The maximum absolute atomic E-state index is 5.08. The first kappa shape index (κ1) is 14.6. The fourth-order valence-corrected chi connectivity index (χ4v) is 3.30. The summed E-state index contributed by atoms with van der Waals surface area (Å²) < 4.78 is 7.39. The van der Waals surface area contributed by atoms with E-state index in [9.17, 15) is 0 Å². The van der Waals surface area contributed by atoms with E-state index in [1.807, 2.05) is 0 Å². The molecule has 3 nitrogen and oxygen atoms in total. The van der Waals surface area contributed by atoms with Crippen LogP contribution in [0.1, 0.15) is 6.42 Å². The molecule has 98 valence electrons. The molecule has 0 saturated carbocycles. The van der Waals surface area contributed by atoms with Crippen LogP contribution in [0.3, 0.4) is 0 Å². The molecule has 1 N–H and O–H groups in total. The van der Waals surface area contributed by atoms with Crippen molar-refractivity contribution < 1.29 is 4.74 Å². The number of benzene rings is 1. The van der Waals surface area contributed by atoms with Gasteiger partial charge in [-0.05, 0) is 63.1 Å². The lowest BCUT2D eigenvalue weighted by atomic mass is 10.2. The van der Waals surface area contributed by atoms with Gasteiger partial charge in [-0.3, -0.25) is 4.99 Å². The van der Waals surface area contributed by atoms with E-state index in [1.54, 1.807) is 18.9 Å². The topological polar surface area (TPSA) is 33.6 Å². The maximum atomic E-state index is 5.08. The van der Waals surface area contributed by atoms with Gasteiger partial charge in [0, 0.05) is 33.2 Å². The molecule has 0 spiro atoms. The van der Waals surface area contributed by atoms with Gasteiger partial charge >= 0.3 is 0 Å². The third-order valence-electron chi connectivity index (χ3n) is 2.54. The highest BCUT2D eigenvalue weighted by Crippen LogP contribution is 2.26. The molecule has 1 aliphatic rings. The quantitative estimate of drug-likeness (QED) is 0.719. The largest absolute Gasteiger partial charge is 0.385 e. The van der Waals surface area contributed by atoms with E-state index >= 15 is 0 Å². The second-order valence-electron chi connectivity index (χ2n) is 3.93. The predicted molar refractivity (Wildman–Crippen MR) is 90.7 cm³/mol. The molecule has 1 aromatic carbocycles. The minimum Gasteiger partial charge on any atom is -0.385 e. The summed E-state index contributed by atoms with van der Waals surface area (Å²) in [6.07, 6.45) is 0.991. The zero-order valence-corrected chi connectivity index (χ0v) is 14.5. The van der Waals surface area contributed by atoms with Crippen LogP contribution < -0.4 is 5.32 Å². The smallest absolute Gasteiger partial charge is 0.161 e. The van der Waals surface area contributed by atoms with Gasteiger partial charge < -0.3 is 10.1 Å². The molecule has 0 bridgehead atoms. The number of methoxy groups -OCH3 is 1. The Balaban J connectivity index is 1.95. The Hall–Kier alpha value is 0.210. The number of nitrogens with one attached hydrogen (secondary N) is 1. The van der Waals surface area contributed by atoms with Gasteiger partial charge in [0.2, 0.25) is 0 Å². The van der Waals surface area contributed by atoms with Crippen LogP contribution in [-0.2, 0) is 4.74 Å². The second kappa shape index (κ2) is 7.12. The van der Waals surface area contributed by atoms with E-state index in [4.69, 9.17) is 4.74 Å². The van der Waals surface area contributed by atoms with Crippen molar-refractivity contribution in [3.63, 3.8) is 0 Å². The summed E-state index contributed by atoms with van der Waals surface area (Å²) in [6.45, 7) is 0.775. The Morgan fingerprint density at radius 1 is 1.61 bits per heavy atom. The number of ether oxygens (including phenoxy) is 1. The lowest BCUT2D eigenvalue weighted by Crippen LogP contribution is -2.08. The number of aliphatic imine (C=N–C) groups is 1. The number of nitrogens with zero attached hydrogens (tertiary/aromatic N) is 1. The van der Waals surface area contributed by atoms with Crippen LogP contribution in [-0.4, -0.2) is 30.7 Å². The van der Waals surface area contributed by atoms with Crippen molar-refractivity contribution in [2.75, 3.05) is 24.8 Å². The molecule has 2 rings (SSSR count). The molecule has 0 amide bonds. The second-order valence-corrected chi connectivity index (χ2v) is 6.96. The number of amidine groups is 1. The van der Waals surface area contributed by atoms with Crippen molar-refractivity contribution in [2.45, 2.75) is 12.5 Å². The molecule has 0 saturated heterocycles. The van der Waals surface area contributed by atoms with Gasteiger partial charge in [0.25, 0.3) is 0 Å². The molecule has 1 aromatic rings. The van der Waals surface area contributed by atoms with Gasteiger partial charge in [-0.15, -0.1) is 0 Å². The van der Waals surface area contributed by atoms with E-state index in [1.165, 1.54) is 3.57 Å². The zero-order valence-electron chi connectivity index (χ0n) is 9.95. The highest BCUT2D eigenvalue weighted by atomic mass is 127. The van der Waals surface area contributed by atoms with Crippen molar-refractivity contribution in [3.05, 3.63) is 26.2 Å². The zero-order chi connectivity index (χ0) is 13.0. The van der Waals surface area contributed by atoms with Crippen molar-refractivity contribution >= 4 is 61.1 Å². The predicted octanol–water partition coefficient (Wildman–Crippen LogP) is 3.97. The SMILES string of the molecule is COCCC1CSC(Nc2ccc(I)c(Br)c2)=N1. The Labute approximate surface area is 133 Å². The van der Waals surface area contributed by atoms with Crippen molar-refractivity contribution in [1.82, 2.24) is 0 Å². The highest BCUT2D eigenvalue weighted by Gasteiger charge is 2.18. The summed E-state index contributed by atoms with van der Waals surface area (Å²) >= 11 is 7.60. The number of hydrogen-bond donors (Lipinski definition) is 1. The first-order chi connectivity index (χ1) is 8.69. The molecule has 18 heavy (non-hydrogen) atoms. The molecule has 1 aliphatic heterocycles. The number of thioether (sulfide) groups is 1. The van der Waals surface area contributed by atoms with E-state index in [2.05, 4.69) is 67.0 Å². The summed E-state index contributed by atoms with van der Waals surface area (Å²) in [5.74, 6) is 1.04. The molecule has 0 aliphatic carbocycles. The fourth-order valence-electron chi connectivity index (χ4n) is 1.58. The van der Waals surface area contributed by atoms with Crippen molar-refractivity contribution in [3.8, 4) is 0 Å². The Morgan fingerprint density at radius 2 is 2.44 bits per heavy atom. The first-order valence-corrected chi connectivity index (χ1v) is 8.46. The molecule has 0 aromatic heterocycles. The third kappa shape index (κ3) is 4.11. The van der Waals surface area contributed by atoms with Crippen LogP contribution in [0, 0.1) is 3.57 Å². The fraction of sp³-hybridized carbons (Fsp3) is 0.417. The van der Waals surface area contributed by atoms with Gasteiger partial charge in [-0.25, -0.2) is 0 Å². The van der Waals surface area contributed by atoms with Gasteiger partial charge in [0.1, 0.15) is 0 Å². The average Bonchev–Trinajstić information content (AvgIpc) is 2.79. The van der Waals surface area contributed by atoms with E-state index in [0.717, 1.165) is 34.1 Å². The van der Waals surface area contributed by atoms with Gasteiger partial charge in [0.05, 0.1) is 6.04 Å². The Kier molecular flexibility index (Phi) is 5.78. The van der Waals surface area contributed by atoms with E-state index in [0.29, 0.717) is 6.04 Å². The normalized spacial score (nSPS) is 18.8. The average molecular weight is 441 g/mol. The molecular formula is C12H14BrIN2OS. The summed E-state index contributed by atoms with van der Waals surface area (Å²) in [7, 11) is 1.73. The Morgan fingerprint density at radius 3 is 3.17 bits per heavy atom. The molecule has 1 atom stereocenters. The molecule has 1 unspecified atom stereocenters. The molecular weight excluding hydrogens is 427 g/mol. The van der Waals surface area contributed by atoms with Crippen LogP contribution in [0.25, 0.3) is 0 Å². The maximum Gasteiger partial charge on any atom is 0.161 e. The minimum atomic E-state index is 0.379. The highest BCUT2D eigenvalue weighted by molar-refractivity contribution is 14.1. The lowest BCUT2D eigenvalue weighted by molar-refractivity contribution is 0.190. The molecule has 1 heterocycles. The molecule has 6 heteroatoms. The van der Waals surface area contributed by atoms with Crippen molar-refractivity contribution in [1.29, 1.82) is 0 Å². The Bertz CT molecular complexity index is 456. The molecule has 0 fully saturated rings. The summed E-state index contributed by atoms with van der Waals surface area (Å²) in [5.41, 5.74) is 1.07. The van der Waals surface area contributed by atoms with Crippen LogP contribution in [0.15, 0.2) is 27.7 Å².